The molecule has 0 saturated heterocycles. The Kier molecular flexibility index (Phi) is 5.66. The maximum atomic E-state index is 13.6. The van der Waals surface area contributed by atoms with E-state index in [9.17, 15) is 27.2 Å². The molecule has 11 heteroatoms. The standard InChI is InChI=1S/C21H11ClF4N2O3S/c22-17-12-5-3-10(23)8-16(12)32-18(17)20(30)28-14-6-4-11(9-13(14)21(24,25)26)27-19(29)15-2-1-7-31-15/h1-9H,(H,27,29)(H,28,30). The molecule has 2 amide bonds. The lowest BCUT2D eigenvalue weighted by Crippen LogP contribution is -2.17. The van der Waals surface area contributed by atoms with Gasteiger partial charge < -0.3 is 15.1 Å². The molecule has 0 saturated carbocycles. The molecule has 0 aliphatic carbocycles. The quantitative estimate of drug-likeness (QED) is 0.314. The van der Waals surface area contributed by atoms with Crippen molar-refractivity contribution in [1.82, 2.24) is 0 Å². The highest BCUT2D eigenvalue weighted by Gasteiger charge is 2.35. The Morgan fingerprint density at radius 3 is 2.47 bits per heavy atom. The predicted octanol–water partition coefficient (Wildman–Crippen LogP) is 6.81. The van der Waals surface area contributed by atoms with Gasteiger partial charge in [0.1, 0.15) is 10.7 Å². The van der Waals surface area contributed by atoms with Crippen LogP contribution in [0.3, 0.4) is 0 Å². The molecule has 0 bridgehead atoms. The van der Waals surface area contributed by atoms with Crippen LogP contribution in [-0.2, 0) is 6.18 Å². The van der Waals surface area contributed by atoms with Crippen molar-refractivity contribution in [3.05, 3.63) is 81.8 Å². The summed E-state index contributed by atoms with van der Waals surface area (Å²) in [6.07, 6.45) is -3.58. The SMILES string of the molecule is O=C(Nc1ccc(NC(=O)c2sc3cc(F)ccc3c2Cl)c(C(F)(F)F)c1)c1ccco1. The van der Waals surface area contributed by atoms with Gasteiger partial charge in [-0.25, -0.2) is 4.39 Å². The lowest BCUT2D eigenvalue weighted by molar-refractivity contribution is -0.136. The molecule has 0 atom stereocenters. The molecular formula is C21H11ClF4N2O3S. The molecule has 0 radical (unpaired) electrons. The molecule has 2 N–H and O–H groups in total. The number of furan rings is 1. The third kappa shape index (κ3) is 4.32. The zero-order valence-corrected chi connectivity index (χ0v) is 17.3. The van der Waals surface area contributed by atoms with Crippen molar-refractivity contribution in [3.8, 4) is 0 Å². The summed E-state index contributed by atoms with van der Waals surface area (Å²) in [6.45, 7) is 0. The van der Waals surface area contributed by atoms with Gasteiger partial charge in [-0.15, -0.1) is 11.3 Å². The van der Waals surface area contributed by atoms with E-state index in [2.05, 4.69) is 10.6 Å². The zero-order chi connectivity index (χ0) is 23.0. The van der Waals surface area contributed by atoms with Crippen molar-refractivity contribution >= 4 is 56.2 Å². The van der Waals surface area contributed by atoms with E-state index in [-0.39, 0.29) is 21.3 Å². The maximum absolute atomic E-state index is 13.6. The second kappa shape index (κ2) is 8.29. The normalized spacial score (nSPS) is 11.5. The van der Waals surface area contributed by atoms with Gasteiger partial charge >= 0.3 is 6.18 Å². The third-order valence-electron chi connectivity index (χ3n) is 4.37. The van der Waals surface area contributed by atoms with Crippen molar-refractivity contribution in [1.29, 1.82) is 0 Å². The molecule has 0 unspecified atom stereocenters. The molecule has 2 aromatic heterocycles. The van der Waals surface area contributed by atoms with E-state index in [0.717, 1.165) is 17.4 Å². The molecule has 4 rings (SSSR count). The zero-order valence-electron chi connectivity index (χ0n) is 15.7. The second-order valence-corrected chi connectivity index (χ2v) is 7.96. The first-order chi connectivity index (χ1) is 15.1. The summed E-state index contributed by atoms with van der Waals surface area (Å²) in [6, 6.07) is 9.46. The van der Waals surface area contributed by atoms with Crippen LogP contribution in [0.25, 0.3) is 10.1 Å². The summed E-state index contributed by atoms with van der Waals surface area (Å²) in [5, 5.41) is 4.93. The van der Waals surface area contributed by atoms with E-state index in [1.54, 1.807) is 0 Å². The number of hydrogen-bond acceptors (Lipinski definition) is 4. The monoisotopic (exact) mass is 482 g/mol. The molecule has 2 heterocycles. The minimum atomic E-state index is -4.83. The van der Waals surface area contributed by atoms with Gasteiger partial charge in [0.05, 0.1) is 22.5 Å². The fraction of sp³-hybridized carbons (Fsp3) is 0.0476. The fourth-order valence-corrected chi connectivity index (χ4v) is 4.37. The van der Waals surface area contributed by atoms with Gasteiger partial charge in [-0.1, -0.05) is 11.6 Å². The van der Waals surface area contributed by atoms with Crippen molar-refractivity contribution in [2.24, 2.45) is 0 Å². The van der Waals surface area contributed by atoms with E-state index in [1.165, 1.54) is 42.7 Å². The Bertz CT molecular complexity index is 1330. The van der Waals surface area contributed by atoms with Gasteiger partial charge in [-0.2, -0.15) is 13.2 Å². The summed E-state index contributed by atoms with van der Waals surface area (Å²) in [4.78, 5) is 24.6. The first kappa shape index (κ1) is 21.8. The summed E-state index contributed by atoms with van der Waals surface area (Å²) < 4.78 is 59.6. The average Bonchev–Trinajstić information content (AvgIpc) is 3.37. The number of carbonyl (C=O) groups is 2. The molecule has 0 aliphatic heterocycles. The topological polar surface area (TPSA) is 71.3 Å². The van der Waals surface area contributed by atoms with Crippen molar-refractivity contribution in [2.45, 2.75) is 6.18 Å². The van der Waals surface area contributed by atoms with Crippen LogP contribution >= 0.6 is 22.9 Å². The second-order valence-electron chi connectivity index (χ2n) is 6.53. The largest absolute Gasteiger partial charge is 0.459 e. The summed E-state index contributed by atoms with van der Waals surface area (Å²) in [5.41, 5.74) is -1.85. The van der Waals surface area contributed by atoms with Crippen LogP contribution in [-0.4, -0.2) is 11.8 Å². The summed E-state index contributed by atoms with van der Waals surface area (Å²) in [5.74, 6) is -2.22. The van der Waals surface area contributed by atoms with Crippen LogP contribution in [0.5, 0.6) is 0 Å². The van der Waals surface area contributed by atoms with Crippen molar-refractivity contribution in [2.75, 3.05) is 10.6 Å². The van der Waals surface area contributed by atoms with Crippen LogP contribution in [0.1, 0.15) is 25.8 Å². The van der Waals surface area contributed by atoms with E-state index >= 15 is 0 Å². The molecule has 0 spiro atoms. The van der Waals surface area contributed by atoms with E-state index in [0.29, 0.717) is 16.2 Å². The third-order valence-corrected chi connectivity index (χ3v) is 6.03. The van der Waals surface area contributed by atoms with Crippen LogP contribution in [0, 0.1) is 5.82 Å². The Labute approximate surface area is 186 Å². The smallest absolute Gasteiger partial charge is 0.418 e. The van der Waals surface area contributed by atoms with Crippen molar-refractivity contribution in [3.63, 3.8) is 0 Å². The molecule has 164 valence electrons. The molecule has 4 aromatic rings. The highest BCUT2D eigenvalue weighted by Crippen LogP contribution is 2.39. The van der Waals surface area contributed by atoms with Gasteiger partial charge in [-0.05, 0) is 48.5 Å². The number of rotatable bonds is 4. The van der Waals surface area contributed by atoms with Gasteiger partial charge in [0.25, 0.3) is 11.8 Å². The molecule has 2 aromatic carbocycles. The minimum Gasteiger partial charge on any atom is -0.459 e. The average molecular weight is 483 g/mol. The van der Waals surface area contributed by atoms with Crippen LogP contribution in [0.4, 0.5) is 28.9 Å². The van der Waals surface area contributed by atoms with Gasteiger partial charge in [0, 0.05) is 15.8 Å². The Morgan fingerprint density at radius 1 is 1.00 bits per heavy atom. The first-order valence-corrected chi connectivity index (χ1v) is 10.1. The highest BCUT2D eigenvalue weighted by atomic mass is 35.5. The van der Waals surface area contributed by atoms with E-state index in [1.807, 2.05) is 0 Å². The lowest BCUT2D eigenvalue weighted by atomic mass is 10.1. The first-order valence-electron chi connectivity index (χ1n) is 8.88. The van der Waals surface area contributed by atoms with Gasteiger partial charge in [0.2, 0.25) is 0 Å². The molecule has 0 aliphatic rings. The van der Waals surface area contributed by atoms with Crippen molar-refractivity contribution < 1.29 is 31.6 Å². The van der Waals surface area contributed by atoms with Crippen LogP contribution < -0.4 is 10.6 Å². The molecule has 0 fully saturated rings. The van der Waals surface area contributed by atoms with E-state index in [4.69, 9.17) is 16.0 Å². The minimum absolute atomic E-state index is 0.0124. The Morgan fingerprint density at radius 2 is 1.78 bits per heavy atom. The van der Waals surface area contributed by atoms with Gasteiger partial charge in [-0.3, -0.25) is 9.59 Å². The van der Waals surface area contributed by atoms with Crippen LogP contribution in [0.15, 0.2) is 59.2 Å². The van der Waals surface area contributed by atoms with Crippen LogP contribution in [0.2, 0.25) is 5.02 Å². The number of halogens is 5. The number of amides is 2. The molecular weight excluding hydrogens is 472 g/mol. The number of anilines is 2. The predicted molar refractivity (Wildman–Crippen MR) is 113 cm³/mol. The molecule has 5 nitrogen and oxygen atoms in total. The fourth-order valence-electron chi connectivity index (χ4n) is 2.93. The summed E-state index contributed by atoms with van der Waals surface area (Å²) >= 11 is 7.04. The molecule has 32 heavy (non-hydrogen) atoms. The number of alkyl halides is 3. The Hall–Kier alpha value is -3.37. The lowest BCUT2D eigenvalue weighted by Gasteiger charge is -2.15. The maximum Gasteiger partial charge on any atom is 0.418 e. The summed E-state index contributed by atoms with van der Waals surface area (Å²) in [7, 11) is 0. The number of thiophene rings is 1. The number of benzene rings is 2. The van der Waals surface area contributed by atoms with Gasteiger partial charge in [0.15, 0.2) is 5.76 Å². The number of nitrogens with one attached hydrogen (secondary N) is 2. The van der Waals surface area contributed by atoms with E-state index < -0.39 is 35.1 Å². The number of carbonyl (C=O) groups excluding carboxylic acids is 2. The number of fused-ring (bicyclic) bond motifs is 1. The Balaban J connectivity index is 1.63. The number of hydrogen-bond donors (Lipinski definition) is 2. The highest BCUT2D eigenvalue weighted by molar-refractivity contribution is 7.21.